The van der Waals surface area contributed by atoms with Gasteiger partial charge in [-0.3, -0.25) is 0 Å². The van der Waals surface area contributed by atoms with Crippen LogP contribution in [-0.2, 0) is 9.47 Å². The zero-order chi connectivity index (χ0) is 8.85. The third-order valence-corrected chi connectivity index (χ3v) is 1.19. The van der Waals surface area contributed by atoms with Crippen LogP contribution in [0.1, 0.15) is 6.92 Å². The molecule has 0 aromatic carbocycles. The molecule has 11 heavy (non-hydrogen) atoms. The monoisotopic (exact) mass is 154 g/mol. The number of methoxy groups -OCH3 is 2. The standard InChI is InChI=1S/C9H14O2/c1-7(2)9(11-5)6-8(3)10-4/h6H,1,3H2,2,4-5H3/b9-6+. The molecule has 0 N–H and O–H groups in total. The Morgan fingerprint density at radius 3 is 2.00 bits per heavy atom. The third-order valence-electron chi connectivity index (χ3n) is 1.19. The molecule has 0 unspecified atom stereocenters. The predicted octanol–water partition coefficient (Wildman–Crippen LogP) is 2.25. The smallest absolute Gasteiger partial charge is 0.124 e. The van der Waals surface area contributed by atoms with Gasteiger partial charge in [-0.15, -0.1) is 0 Å². The van der Waals surface area contributed by atoms with Gasteiger partial charge in [-0.2, -0.15) is 0 Å². The summed E-state index contributed by atoms with van der Waals surface area (Å²) in [6.07, 6.45) is 1.70. The molecule has 0 saturated carbocycles. The molecule has 0 fully saturated rings. The van der Waals surface area contributed by atoms with Gasteiger partial charge in [0.15, 0.2) is 0 Å². The van der Waals surface area contributed by atoms with Gasteiger partial charge in [0.2, 0.25) is 0 Å². The minimum Gasteiger partial charge on any atom is -0.497 e. The van der Waals surface area contributed by atoms with Crippen molar-refractivity contribution in [3.63, 3.8) is 0 Å². The van der Waals surface area contributed by atoms with Crippen LogP contribution in [0.2, 0.25) is 0 Å². The average molecular weight is 154 g/mol. The van der Waals surface area contributed by atoms with Crippen LogP contribution in [0, 0.1) is 0 Å². The van der Waals surface area contributed by atoms with Crippen molar-refractivity contribution in [3.8, 4) is 0 Å². The second-order valence-electron chi connectivity index (χ2n) is 2.16. The van der Waals surface area contributed by atoms with Crippen LogP contribution in [0.15, 0.2) is 36.3 Å². The second kappa shape index (κ2) is 4.61. The molecule has 0 saturated heterocycles. The van der Waals surface area contributed by atoms with E-state index in [1.54, 1.807) is 20.3 Å². The number of hydrogen-bond donors (Lipinski definition) is 0. The molecule has 0 atom stereocenters. The highest BCUT2D eigenvalue weighted by molar-refractivity contribution is 5.26. The van der Waals surface area contributed by atoms with Gasteiger partial charge in [0, 0.05) is 6.08 Å². The van der Waals surface area contributed by atoms with Crippen molar-refractivity contribution in [1.82, 2.24) is 0 Å². The van der Waals surface area contributed by atoms with Crippen molar-refractivity contribution in [2.24, 2.45) is 0 Å². The summed E-state index contributed by atoms with van der Waals surface area (Å²) >= 11 is 0. The lowest BCUT2D eigenvalue weighted by Gasteiger charge is -2.05. The number of hydrogen-bond acceptors (Lipinski definition) is 2. The van der Waals surface area contributed by atoms with Crippen LogP contribution in [0.3, 0.4) is 0 Å². The lowest BCUT2D eigenvalue weighted by Crippen LogP contribution is -1.89. The Bertz CT molecular complexity index is 190. The summed E-state index contributed by atoms with van der Waals surface area (Å²) < 4.78 is 9.85. The minimum atomic E-state index is 0.560. The van der Waals surface area contributed by atoms with Crippen LogP contribution in [-0.4, -0.2) is 14.2 Å². The quantitative estimate of drug-likeness (QED) is 0.456. The molecule has 0 aromatic rings. The average Bonchev–Trinajstić information content (AvgIpc) is 1.99. The van der Waals surface area contributed by atoms with Gasteiger partial charge in [-0.05, 0) is 12.5 Å². The molecular formula is C9H14O2. The normalized spacial score (nSPS) is 10.6. The van der Waals surface area contributed by atoms with E-state index >= 15 is 0 Å². The highest BCUT2D eigenvalue weighted by atomic mass is 16.5. The van der Waals surface area contributed by atoms with Gasteiger partial charge < -0.3 is 9.47 Å². The maximum atomic E-state index is 5.00. The zero-order valence-corrected chi connectivity index (χ0v) is 7.31. The second-order valence-corrected chi connectivity index (χ2v) is 2.16. The SMILES string of the molecule is C=C(/C=C(/OC)C(=C)C)OC. The van der Waals surface area contributed by atoms with Crippen molar-refractivity contribution in [2.45, 2.75) is 6.92 Å². The van der Waals surface area contributed by atoms with Gasteiger partial charge in [0.1, 0.15) is 11.5 Å². The Hall–Kier alpha value is -1.18. The first-order valence-electron chi connectivity index (χ1n) is 3.26. The van der Waals surface area contributed by atoms with Crippen LogP contribution in [0.5, 0.6) is 0 Å². The van der Waals surface area contributed by atoms with E-state index in [1.807, 2.05) is 6.92 Å². The first kappa shape index (κ1) is 9.82. The molecule has 0 bridgehead atoms. The Labute approximate surface area is 67.8 Å². The summed E-state index contributed by atoms with van der Waals surface area (Å²) in [5.41, 5.74) is 0.853. The van der Waals surface area contributed by atoms with E-state index in [4.69, 9.17) is 9.47 Å². The Morgan fingerprint density at radius 1 is 1.18 bits per heavy atom. The molecular weight excluding hydrogens is 140 g/mol. The fraction of sp³-hybridized carbons (Fsp3) is 0.333. The van der Waals surface area contributed by atoms with E-state index in [9.17, 15) is 0 Å². The molecule has 62 valence electrons. The molecule has 0 aliphatic carbocycles. The van der Waals surface area contributed by atoms with Crippen LogP contribution >= 0.6 is 0 Å². The number of rotatable bonds is 4. The van der Waals surface area contributed by atoms with E-state index in [0.717, 1.165) is 5.57 Å². The highest BCUT2D eigenvalue weighted by Gasteiger charge is 1.96. The van der Waals surface area contributed by atoms with E-state index < -0.39 is 0 Å². The molecule has 0 heterocycles. The topological polar surface area (TPSA) is 18.5 Å². The van der Waals surface area contributed by atoms with Crippen molar-refractivity contribution in [3.05, 3.63) is 36.3 Å². The van der Waals surface area contributed by atoms with Crippen molar-refractivity contribution >= 4 is 0 Å². The fourth-order valence-corrected chi connectivity index (χ4v) is 0.561. The van der Waals surface area contributed by atoms with E-state index in [0.29, 0.717) is 11.5 Å². The molecule has 0 amide bonds. The van der Waals surface area contributed by atoms with Crippen molar-refractivity contribution < 1.29 is 9.47 Å². The summed E-state index contributed by atoms with van der Waals surface area (Å²) in [6, 6.07) is 0. The lowest BCUT2D eigenvalue weighted by molar-refractivity contribution is 0.282. The van der Waals surface area contributed by atoms with Crippen molar-refractivity contribution in [1.29, 1.82) is 0 Å². The molecule has 2 heteroatoms. The van der Waals surface area contributed by atoms with Gasteiger partial charge in [-0.25, -0.2) is 0 Å². The molecule has 0 aromatic heterocycles. The first-order chi connectivity index (χ1) is 5.11. The highest BCUT2D eigenvalue weighted by Crippen LogP contribution is 2.09. The molecule has 2 nitrogen and oxygen atoms in total. The predicted molar refractivity (Wildman–Crippen MR) is 46.1 cm³/mol. The third kappa shape index (κ3) is 3.50. The maximum absolute atomic E-state index is 5.00. The molecule has 0 radical (unpaired) electrons. The first-order valence-corrected chi connectivity index (χ1v) is 3.26. The largest absolute Gasteiger partial charge is 0.497 e. The van der Waals surface area contributed by atoms with Gasteiger partial charge in [0.25, 0.3) is 0 Å². The Balaban J connectivity index is 4.35. The summed E-state index contributed by atoms with van der Waals surface area (Å²) in [7, 11) is 3.15. The molecule has 0 rings (SSSR count). The van der Waals surface area contributed by atoms with Crippen molar-refractivity contribution in [2.75, 3.05) is 14.2 Å². The Morgan fingerprint density at radius 2 is 1.73 bits per heavy atom. The summed E-state index contributed by atoms with van der Waals surface area (Å²) in [5.74, 6) is 1.25. The summed E-state index contributed by atoms with van der Waals surface area (Å²) in [4.78, 5) is 0. The Kier molecular flexibility index (Phi) is 4.11. The van der Waals surface area contributed by atoms with Crippen LogP contribution in [0.4, 0.5) is 0 Å². The van der Waals surface area contributed by atoms with Gasteiger partial charge in [0.05, 0.1) is 14.2 Å². The zero-order valence-electron chi connectivity index (χ0n) is 7.31. The van der Waals surface area contributed by atoms with Gasteiger partial charge in [-0.1, -0.05) is 13.2 Å². The number of ether oxygens (including phenoxy) is 2. The molecule has 0 spiro atoms. The van der Waals surface area contributed by atoms with E-state index in [2.05, 4.69) is 13.2 Å². The maximum Gasteiger partial charge on any atom is 0.124 e. The molecule has 0 aliphatic rings. The number of allylic oxidation sites excluding steroid dienone is 2. The van der Waals surface area contributed by atoms with Crippen LogP contribution in [0.25, 0.3) is 0 Å². The minimum absolute atomic E-state index is 0.560. The molecule has 0 aliphatic heterocycles. The lowest BCUT2D eigenvalue weighted by atomic mass is 10.2. The summed E-state index contributed by atoms with van der Waals surface area (Å²) in [5, 5.41) is 0. The van der Waals surface area contributed by atoms with Gasteiger partial charge >= 0.3 is 0 Å². The van der Waals surface area contributed by atoms with Crippen LogP contribution < -0.4 is 0 Å². The van der Waals surface area contributed by atoms with E-state index in [-0.39, 0.29) is 0 Å². The fourth-order valence-electron chi connectivity index (χ4n) is 0.561. The van der Waals surface area contributed by atoms with E-state index in [1.165, 1.54) is 0 Å². The summed E-state index contributed by atoms with van der Waals surface area (Å²) in [6.45, 7) is 9.21.